The summed E-state index contributed by atoms with van der Waals surface area (Å²) in [6.45, 7) is 2.90. The molecule has 0 fully saturated rings. The van der Waals surface area contributed by atoms with Crippen molar-refractivity contribution < 1.29 is 0 Å². The lowest BCUT2D eigenvalue weighted by Crippen LogP contribution is -2.22. The van der Waals surface area contributed by atoms with E-state index in [1.165, 1.54) is 4.88 Å². The molecule has 0 aliphatic heterocycles. The van der Waals surface area contributed by atoms with Gasteiger partial charge in [0, 0.05) is 40.2 Å². The fraction of sp³-hybridized carbons (Fsp3) is 0.429. The molecule has 2 aromatic rings. The summed E-state index contributed by atoms with van der Waals surface area (Å²) >= 11 is 5.19. The summed E-state index contributed by atoms with van der Waals surface area (Å²) in [7, 11) is 2.00. The number of aromatic nitrogens is 2. The summed E-state index contributed by atoms with van der Waals surface area (Å²) in [6, 6.07) is 2.31. The molecule has 6 heteroatoms. The Bertz CT molecular complexity index is 540. The normalized spacial score (nSPS) is 12.4. The van der Waals surface area contributed by atoms with Crippen LogP contribution in [0.4, 0.5) is 5.95 Å². The molecule has 0 bridgehead atoms. The first-order chi connectivity index (χ1) is 9.58. The highest BCUT2D eigenvalue weighted by Gasteiger charge is 2.08. The van der Waals surface area contributed by atoms with Crippen LogP contribution in [-0.2, 0) is 13.0 Å². The standard InChI is InChI=1S/C14H19BrN4S/c1-3-12(16)4-10-6-17-14(18-7-10)19(2)8-13-5-11(15)9-20-13/h5-7,9,12H,3-4,8,16H2,1-2H3. The first kappa shape index (κ1) is 15.4. The van der Waals surface area contributed by atoms with Crippen LogP contribution in [0.5, 0.6) is 0 Å². The van der Waals surface area contributed by atoms with Gasteiger partial charge >= 0.3 is 0 Å². The van der Waals surface area contributed by atoms with Crippen LogP contribution in [0, 0.1) is 0 Å². The molecule has 2 heterocycles. The molecule has 2 N–H and O–H groups in total. The number of hydrogen-bond donors (Lipinski definition) is 1. The third-order valence-corrected chi connectivity index (χ3v) is 4.75. The van der Waals surface area contributed by atoms with Crippen LogP contribution in [0.15, 0.2) is 28.3 Å². The zero-order valence-electron chi connectivity index (χ0n) is 11.7. The van der Waals surface area contributed by atoms with E-state index in [0.29, 0.717) is 0 Å². The van der Waals surface area contributed by atoms with Crippen molar-refractivity contribution in [3.63, 3.8) is 0 Å². The summed E-state index contributed by atoms with van der Waals surface area (Å²) in [5.41, 5.74) is 7.03. The van der Waals surface area contributed by atoms with Crippen molar-refractivity contribution in [1.82, 2.24) is 9.97 Å². The number of anilines is 1. The first-order valence-corrected chi connectivity index (χ1v) is 8.26. The van der Waals surface area contributed by atoms with Crippen molar-refractivity contribution in [3.8, 4) is 0 Å². The average molecular weight is 355 g/mol. The predicted octanol–water partition coefficient (Wildman–Crippen LogP) is 3.22. The van der Waals surface area contributed by atoms with E-state index < -0.39 is 0 Å². The molecule has 0 aliphatic rings. The molecule has 0 saturated heterocycles. The largest absolute Gasteiger partial charge is 0.339 e. The highest BCUT2D eigenvalue weighted by molar-refractivity contribution is 9.10. The Labute approximate surface area is 132 Å². The summed E-state index contributed by atoms with van der Waals surface area (Å²) in [5, 5.41) is 2.08. The van der Waals surface area contributed by atoms with Gasteiger partial charge in [-0.05, 0) is 40.4 Å². The monoisotopic (exact) mass is 354 g/mol. The molecule has 20 heavy (non-hydrogen) atoms. The molecule has 2 aromatic heterocycles. The SMILES string of the molecule is CCC(N)Cc1cnc(N(C)Cc2cc(Br)cs2)nc1. The molecule has 2 rings (SSSR count). The highest BCUT2D eigenvalue weighted by Crippen LogP contribution is 2.21. The van der Waals surface area contributed by atoms with E-state index in [4.69, 9.17) is 5.73 Å². The second kappa shape index (κ2) is 7.15. The molecule has 0 saturated carbocycles. The van der Waals surface area contributed by atoms with Gasteiger partial charge in [-0.1, -0.05) is 6.92 Å². The Morgan fingerprint density at radius 1 is 1.40 bits per heavy atom. The van der Waals surface area contributed by atoms with E-state index in [9.17, 15) is 0 Å². The Morgan fingerprint density at radius 2 is 2.10 bits per heavy atom. The molecule has 0 aliphatic carbocycles. The first-order valence-electron chi connectivity index (χ1n) is 6.59. The number of thiophene rings is 1. The van der Waals surface area contributed by atoms with Crippen LogP contribution in [0.1, 0.15) is 23.8 Å². The molecule has 4 nitrogen and oxygen atoms in total. The molecule has 0 aromatic carbocycles. The third-order valence-electron chi connectivity index (χ3n) is 3.07. The van der Waals surface area contributed by atoms with Gasteiger partial charge in [-0.15, -0.1) is 11.3 Å². The van der Waals surface area contributed by atoms with Gasteiger partial charge in [-0.3, -0.25) is 0 Å². The average Bonchev–Trinajstić information content (AvgIpc) is 2.84. The van der Waals surface area contributed by atoms with Crippen LogP contribution in [-0.4, -0.2) is 23.1 Å². The summed E-state index contributed by atoms with van der Waals surface area (Å²) in [5.74, 6) is 0.739. The smallest absolute Gasteiger partial charge is 0.225 e. The maximum absolute atomic E-state index is 5.94. The number of hydrogen-bond acceptors (Lipinski definition) is 5. The van der Waals surface area contributed by atoms with Crippen molar-refractivity contribution >= 4 is 33.2 Å². The molecular weight excluding hydrogens is 336 g/mol. The molecule has 108 valence electrons. The van der Waals surface area contributed by atoms with E-state index in [1.807, 2.05) is 24.3 Å². The van der Waals surface area contributed by atoms with Crippen LogP contribution in [0.2, 0.25) is 0 Å². The predicted molar refractivity (Wildman–Crippen MR) is 88.1 cm³/mol. The Kier molecular flexibility index (Phi) is 5.51. The molecule has 0 spiro atoms. The van der Waals surface area contributed by atoms with Crippen molar-refractivity contribution in [3.05, 3.63) is 38.8 Å². The Hall–Kier alpha value is -0.980. The van der Waals surface area contributed by atoms with E-state index in [2.05, 4.69) is 44.3 Å². The van der Waals surface area contributed by atoms with Gasteiger partial charge < -0.3 is 10.6 Å². The maximum Gasteiger partial charge on any atom is 0.225 e. The van der Waals surface area contributed by atoms with Gasteiger partial charge in [-0.2, -0.15) is 0 Å². The lowest BCUT2D eigenvalue weighted by Gasteiger charge is -2.16. The van der Waals surface area contributed by atoms with Gasteiger partial charge in [0.1, 0.15) is 0 Å². The van der Waals surface area contributed by atoms with E-state index >= 15 is 0 Å². The Morgan fingerprint density at radius 3 is 2.65 bits per heavy atom. The van der Waals surface area contributed by atoms with E-state index in [-0.39, 0.29) is 6.04 Å². The second-order valence-corrected chi connectivity index (χ2v) is 6.76. The Balaban J connectivity index is 1.98. The summed E-state index contributed by atoms with van der Waals surface area (Å²) in [4.78, 5) is 12.2. The molecule has 1 unspecified atom stereocenters. The van der Waals surface area contributed by atoms with Crippen molar-refractivity contribution in [1.29, 1.82) is 0 Å². The van der Waals surface area contributed by atoms with E-state index in [1.54, 1.807) is 11.3 Å². The van der Waals surface area contributed by atoms with Gasteiger partial charge in [0.15, 0.2) is 0 Å². The molecule has 1 atom stereocenters. The van der Waals surface area contributed by atoms with Gasteiger partial charge in [-0.25, -0.2) is 9.97 Å². The fourth-order valence-corrected chi connectivity index (χ4v) is 3.34. The number of nitrogens with zero attached hydrogens (tertiary/aromatic N) is 3. The minimum atomic E-state index is 0.186. The van der Waals surface area contributed by atoms with Gasteiger partial charge in [0.25, 0.3) is 0 Å². The van der Waals surface area contributed by atoms with Crippen molar-refractivity contribution in [2.45, 2.75) is 32.4 Å². The zero-order chi connectivity index (χ0) is 14.5. The molecule has 0 radical (unpaired) electrons. The van der Waals surface area contributed by atoms with Crippen LogP contribution in [0.3, 0.4) is 0 Å². The van der Waals surface area contributed by atoms with Crippen LogP contribution < -0.4 is 10.6 Å². The van der Waals surface area contributed by atoms with Gasteiger partial charge in [0.2, 0.25) is 5.95 Å². The lowest BCUT2D eigenvalue weighted by atomic mass is 10.1. The topological polar surface area (TPSA) is 55.0 Å². The van der Waals surface area contributed by atoms with E-state index in [0.717, 1.165) is 35.4 Å². The minimum absolute atomic E-state index is 0.186. The van der Waals surface area contributed by atoms with Crippen molar-refractivity contribution in [2.75, 3.05) is 11.9 Å². The number of nitrogens with two attached hydrogens (primary N) is 1. The van der Waals surface area contributed by atoms with Gasteiger partial charge in [0.05, 0.1) is 6.54 Å². The lowest BCUT2D eigenvalue weighted by molar-refractivity contribution is 0.643. The quantitative estimate of drug-likeness (QED) is 0.865. The highest BCUT2D eigenvalue weighted by atomic mass is 79.9. The fourth-order valence-electron chi connectivity index (χ4n) is 1.84. The molecular formula is C14H19BrN4S. The third kappa shape index (κ3) is 4.26. The van der Waals surface area contributed by atoms with Crippen molar-refractivity contribution in [2.24, 2.45) is 5.73 Å². The molecule has 0 amide bonds. The maximum atomic E-state index is 5.94. The second-order valence-electron chi connectivity index (χ2n) is 4.85. The summed E-state index contributed by atoms with van der Waals surface area (Å²) in [6.07, 6.45) is 5.55. The van der Waals surface area contributed by atoms with Crippen LogP contribution in [0.25, 0.3) is 0 Å². The van der Waals surface area contributed by atoms with Crippen LogP contribution >= 0.6 is 27.3 Å². The zero-order valence-corrected chi connectivity index (χ0v) is 14.1. The minimum Gasteiger partial charge on any atom is -0.339 e. The summed E-state index contributed by atoms with van der Waals surface area (Å²) < 4.78 is 1.12. The number of rotatable bonds is 6. The number of halogens is 1.